The molecule has 10 heteroatoms. The zero-order chi connectivity index (χ0) is 21.3. The number of anilines is 2. The van der Waals surface area contributed by atoms with E-state index < -0.39 is 15.9 Å². The van der Waals surface area contributed by atoms with Gasteiger partial charge in [-0.3, -0.25) is 14.8 Å². The van der Waals surface area contributed by atoms with Crippen molar-refractivity contribution in [1.29, 1.82) is 0 Å². The number of aromatic nitrogens is 1. The van der Waals surface area contributed by atoms with E-state index in [4.69, 9.17) is 23.2 Å². The number of thiazole rings is 1. The number of amides is 1. The van der Waals surface area contributed by atoms with Crippen LogP contribution in [0.4, 0.5) is 10.8 Å². The van der Waals surface area contributed by atoms with Crippen molar-refractivity contribution in [1.82, 2.24) is 4.98 Å². The number of benzene rings is 3. The summed E-state index contributed by atoms with van der Waals surface area (Å²) in [7, 11) is -3.90. The average Bonchev–Trinajstić information content (AvgIpc) is 3.12. The molecule has 0 fully saturated rings. The number of carbonyl (C=O) groups is 1. The van der Waals surface area contributed by atoms with Crippen molar-refractivity contribution >= 4 is 71.5 Å². The molecule has 0 aliphatic carbocycles. The van der Waals surface area contributed by atoms with Crippen LogP contribution in [0.3, 0.4) is 0 Å². The Morgan fingerprint density at radius 2 is 1.67 bits per heavy atom. The number of carbonyl (C=O) groups excluding carboxylic acids is 1. The van der Waals surface area contributed by atoms with Gasteiger partial charge in [0.25, 0.3) is 15.9 Å². The Bertz CT molecular complexity index is 1350. The molecule has 1 heterocycles. The molecule has 0 bridgehead atoms. The molecule has 0 radical (unpaired) electrons. The van der Waals surface area contributed by atoms with E-state index >= 15 is 0 Å². The van der Waals surface area contributed by atoms with Crippen molar-refractivity contribution in [2.45, 2.75) is 4.90 Å². The van der Waals surface area contributed by atoms with E-state index in [9.17, 15) is 13.2 Å². The zero-order valence-electron chi connectivity index (χ0n) is 15.1. The second-order valence-corrected chi connectivity index (χ2v) is 9.72. The molecule has 30 heavy (non-hydrogen) atoms. The van der Waals surface area contributed by atoms with Gasteiger partial charge < -0.3 is 0 Å². The van der Waals surface area contributed by atoms with Gasteiger partial charge in [-0.2, -0.15) is 0 Å². The average molecular weight is 478 g/mol. The molecule has 0 aliphatic rings. The van der Waals surface area contributed by atoms with Crippen molar-refractivity contribution in [3.8, 4) is 0 Å². The number of hydrogen-bond acceptors (Lipinski definition) is 5. The van der Waals surface area contributed by atoms with Gasteiger partial charge in [-0.05, 0) is 48.5 Å². The van der Waals surface area contributed by atoms with Crippen LogP contribution in [0.5, 0.6) is 0 Å². The molecule has 4 aromatic rings. The molecule has 3 aromatic carbocycles. The lowest BCUT2D eigenvalue weighted by molar-refractivity contribution is 0.102. The fraction of sp³-hybridized carbons (Fsp3) is 0. The highest BCUT2D eigenvalue weighted by Gasteiger charge is 2.19. The first-order chi connectivity index (χ1) is 14.3. The molecule has 1 aromatic heterocycles. The third kappa shape index (κ3) is 4.27. The summed E-state index contributed by atoms with van der Waals surface area (Å²) < 4.78 is 28.7. The number of nitrogens with zero attached hydrogens (tertiary/aromatic N) is 1. The Labute approximate surface area is 186 Å². The number of hydrogen-bond donors (Lipinski definition) is 2. The van der Waals surface area contributed by atoms with Crippen LogP contribution in [0.15, 0.2) is 71.6 Å². The molecule has 0 aliphatic heterocycles. The van der Waals surface area contributed by atoms with Gasteiger partial charge in [0.1, 0.15) is 5.52 Å². The summed E-state index contributed by atoms with van der Waals surface area (Å²) in [4.78, 5) is 17.2. The lowest BCUT2D eigenvalue weighted by atomic mass is 10.2. The largest absolute Gasteiger partial charge is 0.298 e. The summed E-state index contributed by atoms with van der Waals surface area (Å²) >= 11 is 13.2. The van der Waals surface area contributed by atoms with E-state index in [2.05, 4.69) is 15.0 Å². The SMILES string of the molecule is O=C(Nc1nc2c(Cl)cccc2s1)c1ccccc1NS(=O)(=O)c1ccc(Cl)cc1. The molecule has 0 spiro atoms. The Hall–Kier alpha value is -2.65. The maximum Gasteiger partial charge on any atom is 0.261 e. The van der Waals surface area contributed by atoms with E-state index in [1.807, 2.05) is 6.07 Å². The quantitative estimate of drug-likeness (QED) is 0.388. The molecular formula is C20H13Cl2N3O3S2. The van der Waals surface area contributed by atoms with Gasteiger partial charge in [0.05, 0.1) is 25.9 Å². The highest BCUT2D eigenvalue weighted by atomic mass is 35.5. The Kier molecular flexibility index (Phi) is 5.66. The highest BCUT2D eigenvalue weighted by molar-refractivity contribution is 7.92. The maximum absolute atomic E-state index is 12.8. The minimum atomic E-state index is -3.90. The van der Waals surface area contributed by atoms with Crippen LogP contribution in [0, 0.1) is 0 Å². The minimum absolute atomic E-state index is 0.0305. The van der Waals surface area contributed by atoms with Crippen molar-refractivity contribution in [3.63, 3.8) is 0 Å². The van der Waals surface area contributed by atoms with E-state index in [0.717, 1.165) is 4.70 Å². The van der Waals surface area contributed by atoms with Crippen molar-refractivity contribution < 1.29 is 13.2 Å². The Balaban J connectivity index is 1.61. The molecule has 0 atom stereocenters. The lowest BCUT2D eigenvalue weighted by Gasteiger charge is -2.12. The molecule has 0 saturated carbocycles. The van der Waals surface area contributed by atoms with Gasteiger partial charge in [-0.1, -0.05) is 52.7 Å². The number of fused-ring (bicyclic) bond motifs is 1. The normalized spacial score (nSPS) is 11.4. The number of rotatable bonds is 5. The van der Waals surface area contributed by atoms with E-state index in [1.54, 1.807) is 24.3 Å². The first kappa shape index (κ1) is 20.6. The predicted octanol–water partition coefficient (Wildman–Crippen LogP) is 5.66. The minimum Gasteiger partial charge on any atom is -0.298 e. The van der Waals surface area contributed by atoms with Gasteiger partial charge >= 0.3 is 0 Å². The van der Waals surface area contributed by atoms with Crippen LogP contribution in [0.1, 0.15) is 10.4 Å². The van der Waals surface area contributed by atoms with Crippen LogP contribution < -0.4 is 10.0 Å². The molecule has 0 unspecified atom stereocenters. The number of nitrogens with one attached hydrogen (secondary N) is 2. The third-order valence-corrected chi connectivity index (χ3v) is 7.00. The molecule has 2 N–H and O–H groups in total. The van der Waals surface area contributed by atoms with E-state index in [-0.39, 0.29) is 16.1 Å². The number of para-hydroxylation sites is 2. The van der Waals surface area contributed by atoms with Crippen molar-refractivity contribution in [3.05, 3.63) is 82.3 Å². The molecule has 4 rings (SSSR count). The van der Waals surface area contributed by atoms with Gasteiger partial charge in [-0.25, -0.2) is 13.4 Å². The Morgan fingerprint density at radius 1 is 0.933 bits per heavy atom. The molecule has 6 nitrogen and oxygen atoms in total. The second-order valence-electron chi connectivity index (χ2n) is 6.16. The maximum atomic E-state index is 12.8. The van der Waals surface area contributed by atoms with Crippen LogP contribution >= 0.6 is 34.5 Å². The molecule has 0 saturated heterocycles. The van der Waals surface area contributed by atoms with Crippen LogP contribution in [-0.4, -0.2) is 19.3 Å². The van der Waals surface area contributed by atoms with Gasteiger partial charge in [0, 0.05) is 5.02 Å². The van der Waals surface area contributed by atoms with E-state index in [0.29, 0.717) is 20.7 Å². The van der Waals surface area contributed by atoms with Crippen molar-refractivity contribution in [2.24, 2.45) is 0 Å². The van der Waals surface area contributed by atoms with Gasteiger partial charge in [-0.15, -0.1) is 0 Å². The first-order valence-electron chi connectivity index (χ1n) is 8.57. The number of halogens is 2. The lowest BCUT2D eigenvalue weighted by Crippen LogP contribution is -2.18. The fourth-order valence-electron chi connectivity index (χ4n) is 2.72. The highest BCUT2D eigenvalue weighted by Crippen LogP contribution is 2.31. The van der Waals surface area contributed by atoms with Gasteiger partial charge in [0.15, 0.2) is 5.13 Å². The smallest absolute Gasteiger partial charge is 0.261 e. The summed E-state index contributed by atoms with van der Waals surface area (Å²) in [6, 6.07) is 17.4. The van der Waals surface area contributed by atoms with Crippen LogP contribution in [0.2, 0.25) is 10.0 Å². The monoisotopic (exact) mass is 477 g/mol. The topological polar surface area (TPSA) is 88.2 Å². The van der Waals surface area contributed by atoms with Crippen LogP contribution in [0.25, 0.3) is 10.2 Å². The zero-order valence-corrected chi connectivity index (χ0v) is 18.2. The summed E-state index contributed by atoms with van der Waals surface area (Å²) in [5.74, 6) is -0.500. The summed E-state index contributed by atoms with van der Waals surface area (Å²) in [5, 5.41) is 3.97. The molecular weight excluding hydrogens is 465 g/mol. The Morgan fingerprint density at radius 3 is 2.40 bits per heavy atom. The summed E-state index contributed by atoms with van der Waals surface area (Å²) in [6.07, 6.45) is 0. The molecule has 1 amide bonds. The van der Waals surface area contributed by atoms with E-state index in [1.165, 1.54) is 47.7 Å². The summed E-state index contributed by atoms with van der Waals surface area (Å²) in [5.41, 5.74) is 0.890. The van der Waals surface area contributed by atoms with Crippen LogP contribution in [-0.2, 0) is 10.0 Å². The summed E-state index contributed by atoms with van der Waals surface area (Å²) in [6.45, 7) is 0. The predicted molar refractivity (Wildman–Crippen MR) is 121 cm³/mol. The second kappa shape index (κ2) is 8.23. The fourth-order valence-corrected chi connectivity index (χ4v) is 5.09. The van der Waals surface area contributed by atoms with Crippen molar-refractivity contribution in [2.75, 3.05) is 10.0 Å². The first-order valence-corrected chi connectivity index (χ1v) is 11.6. The third-order valence-electron chi connectivity index (χ3n) is 4.13. The molecule has 152 valence electrons. The standard InChI is InChI=1S/C20H13Cl2N3O3S2/c21-12-8-10-13(11-9-12)30(27,28)25-16-6-2-1-4-14(16)19(26)24-20-23-18-15(22)5-3-7-17(18)29-20/h1-11,25H,(H,23,24,26). The number of sulfonamides is 1. The van der Waals surface area contributed by atoms with Gasteiger partial charge in [0.2, 0.25) is 0 Å².